The van der Waals surface area contributed by atoms with E-state index < -0.39 is 15.8 Å². The number of sulfonamides is 1. The van der Waals surface area contributed by atoms with Crippen LogP contribution in [0.2, 0.25) is 5.02 Å². The Bertz CT molecular complexity index is 960. The van der Waals surface area contributed by atoms with Crippen LogP contribution < -0.4 is 4.74 Å². The maximum Gasteiger partial charge on any atom is 0.254 e. The fourth-order valence-electron chi connectivity index (χ4n) is 2.86. The lowest BCUT2D eigenvalue weighted by Gasteiger charge is -2.34. The maximum atomic E-state index is 13.3. The van der Waals surface area contributed by atoms with Crippen molar-refractivity contribution in [2.24, 2.45) is 0 Å². The number of carbonyl (C=O) groups is 1. The van der Waals surface area contributed by atoms with Gasteiger partial charge in [-0.25, -0.2) is 12.8 Å². The zero-order valence-electron chi connectivity index (χ0n) is 14.6. The minimum Gasteiger partial charge on any atom is -0.497 e. The van der Waals surface area contributed by atoms with Crippen LogP contribution in [0.1, 0.15) is 10.4 Å². The first kappa shape index (κ1) is 19.6. The zero-order valence-corrected chi connectivity index (χ0v) is 16.1. The quantitative estimate of drug-likeness (QED) is 0.774. The molecule has 0 bridgehead atoms. The van der Waals surface area contributed by atoms with Gasteiger partial charge < -0.3 is 9.64 Å². The molecule has 0 radical (unpaired) electrons. The van der Waals surface area contributed by atoms with Gasteiger partial charge in [-0.15, -0.1) is 0 Å². The molecule has 0 aromatic heterocycles. The highest BCUT2D eigenvalue weighted by Gasteiger charge is 2.31. The van der Waals surface area contributed by atoms with Crippen molar-refractivity contribution >= 4 is 27.5 Å². The smallest absolute Gasteiger partial charge is 0.254 e. The van der Waals surface area contributed by atoms with Crippen LogP contribution in [0, 0.1) is 5.82 Å². The van der Waals surface area contributed by atoms with Crippen molar-refractivity contribution in [3.8, 4) is 5.75 Å². The lowest BCUT2D eigenvalue weighted by molar-refractivity contribution is 0.0697. The minimum atomic E-state index is -3.80. The van der Waals surface area contributed by atoms with E-state index in [0.717, 1.165) is 12.1 Å². The first-order chi connectivity index (χ1) is 12.8. The first-order valence-corrected chi connectivity index (χ1v) is 10.0. The summed E-state index contributed by atoms with van der Waals surface area (Å²) >= 11 is 5.69. The van der Waals surface area contributed by atoms with Crippen LogP contribution in [0.4, 0.5) is 4.39 Å². The second-order valence-electron chi connectivity index (χ2n) is 6.00. The van der Waals surface area contributed by atoms with Crippen molar-refractivity contribution in [1.29, 1.82) is 0 Å². The van der Waals surface area contributed by atoms with Gasteiger partial charge in [-0.2, -0.15) is 4.31 Å². The summed E-state index contributed by atoms with van der Waals surface area (Å²) in [6, 6.07) is 10.1. The van der Waals surface area contributed by atoms with E-state index in [2.05, 4.69) is 0 Å². The number of methoxy groups -OCH3 is 1. The van der Waals surface area contributed by atoms with Crippen LogP contribution in [-0.4, -0.2) is 56.8 Å². The average molecular weight is 413 g/mol. The van der Waals surface area contributed by atoms with Crippen molar-refractivity contribution in [1.82, 2.24) is 9.21 Å². The number of nitrogens with zero attached hydrogens (tertiary/aromatic N) is 2. The third kappa shape index (κ3) is 4.07. The van der Waals surface area contributed by atoms with Crippen molar-refractivity contribution in [3.63, 3.8) is 0 Å². The zero-order chi connectivity index (χ0) is 19.6. The summed E-state index contributed by atoms with van der Waals surface area (Å²) in [5.41, 5.74) is 0.482. The molecule has 144 valence electrons. The molecule has 0 unspecified atom stereocenters. The summed E-state index contributed by atoms with van der Waals surface area (Å²) in [5, 5.41) is -0.247. The number of halogens is 2. The molecular weight excluding hydrogens is 395 g/mol. The molecule has 1 heterocycles. The van der Waals surface area contributed by atoms with E-state index in [1.165, 1.54) is 17.5 Å². The van der Waals surface area contributed by atoms with Crippen LogP contribution >= 0.6 is 11.6 Å². The van der Waals surface area contributed by atoms with Gasteiger partial charge in [0.05, 0.1) is 17.0 Å². The number of amides is 1. The lowest BCUT2D eigenvalue weighted by atomic mass is 10.1. The van der Waals surface area contributed by atoms with Gasteiger partial charge in [0, 0.05) is 31.7 Å². The summed E-state index contributed by atoms with van der Waals surface area (Å²) in [6.07, 6.45) is 0. The Morgan fingerprint density at radius 3 is 2.44 bits per heavy atom. The van der Waals surface area contributed by atoms with E-state index in [9.17, 15) is 17.6 Å². The maximum absolute atomic E-state index is 13.3. The molecule has 0 atom stereocenters. The Labute approximate surface area is 162 Å². The Kier molecular flexibility index (Phi) is 5.69. The summed E-state index contributed by atoms with van der Waals surface area (Å²) in [6.45, 7) is 0.800. The molecule has 6 nitrogen and oxygen atoms in total. The number of rotatable bonds is 4. The molecule has 9 heteroatoms. The van der Waals surface area contributed by atoms with E-state index in [0.29, 0.717) is 11.3 Å². The number of benzene rings is 2. The van der Waals surface area contributed by atoms with Crippen LogP contribution in [0.3, 0.4) is 0 Å². The topological polar surface area (TPSA) is 66.9 Å². The highest BCUT2D eigenvalue weighted by molar-refractivity contribution is 7.89. The number of ether oxygens (including phenoxy) is 1. The van der Waals surface area contributed by atoms with Crippen LogP contribution in [0.25, 0.3) is 0 Å². The SMILES string of the molecule is COc1cccc(C(=O)N2CCN(S(=O)(=O)c3ccc(F)c(Cl)c3)CC2)c1. The van der Waals surface area contributed by atoms with Crippen LogP contribution in [0.5, 0.6) is 5.75 Å². The van der Waals surface area contributed by atoms with Gasteiger partial charge in [-0.1, -0.05) is 17.7 Å². The molecule has 27 heavy (non-hydrogen) atoms. The Morgan fingerprint density at radius 1 is 1.11 bits per heavy atom. The van der Waals surface area contributed by atoms with Gasteiger partial charge >= 0.3 is 0 Å². The molecule has 0 spiro atoms. The molecule has 0 N–H and O–H groups in total. The van der Waals surface area contributed by atoms with Crippen LogP contribution in [-0.2, 0) is 10.0 Å². The second kappa shape index (κ2) is 7.84. The van der Waals surface area contributed by atoms with Gasteiger partial charge in [0.25, 0.3) is 5.91 Å². The number of piperazine rings is 1. The Morgan fingerprint density at radius 2 is 1.81 bits per heavy atom. The predicted molar refractivity (Wildman–Crippen MR) is 99.1 cm³/mol. The predicted octanol–water partition coefficient (Wildman–Crippen LogP) is 2.63. The van der Waals surface area contributed by atoms with E-state index in [1.54, 1.807) is 29.2 Å². The highest BCUT2D eigenvalue weighted by Crippen LogP contribution is 2.23. The van der Waals surface area contributed by atoms with Crippen LogP contribution in [0.15, 0.2) is 47.4 Å². The van der Waals surface area contributed by atoms with E-state index >= 15 is 0 Å². The average Bonchev–Trinajstić information content (AvgIpc) is 2.69. The Balaban J connectivity index is 1.70. The lowest BCUT2D eigenvalue weighted by Crippen LogP contribution is -2.50. The summed E-state index contributed by atoms with van der Waals surface area (Å²) in [7, 11) is -2.28. The van der Waals surface area contributed by atoms with Gasteiger partial charge in [0.2, 0.25) is 10.0 Å². The van der Waals surface area contributed by atoms with Crippen molar-refractivity contribution in [2.45, 2.75) is 4.90 Å². The molecule has 3 rings (SSSR count). The number of carbonyl (C=O) groups excluding carboxylic acids is 1. The van der Waals surface area contributed by atoms with Gasteiger partial charge in [0.1, 0.15) is 11.6 Å². The largest absolute Gasteiger partial charge is 0.497 e. The molecule has 1 fully saturated rings. The highest BCUT2D eigenvalue weighted by atomic mass is 35.5. The van der Waals surface area contributed by atoms with Crippen molar-refractivity contribution < 1.29 is 22.3 Å². The van der Waals surface area contributed by atoms with Gasteiger partial charge in [-0.3, -0.25) is 4.79 Å². The summed E-state index contributed by atoms with van der Waals surface area (Å²) in [5.74, 6) is -0.282. The standard InChI is InChI=1S/C18H18ClFN2O4S/c1-26-14-4-2-3-13(11-14)18(23)21-7-9-22(10-8-21)27(24,25)15-5-6-17(20)16(19)12-15/h2-6,11-12H,7-10H2,1H3. The fourth-order valence-corrected chi connectivity index (χ4v) is 4.55. The molecule has 1 amide bonds. The van der Waals surface area contributed by atoms with Gasteiger partial charge in [0.15, 0.2) is 0 Å². The molecule has 0 saturated carbocycles. The minimum absolute atomic E-state index is 0.0681. The first-order valence-electron chi connectivity index (χ1n) is 8.21. The molecule has 0 aliphatic carbocycles. The molecule has 1 aliphatic rings. The molecule has 1 saturated heterocycles. The van der Waals surface area contributed by atoms with E-state index in [1.807, 2.05) is 0 Å². The third-order valence-electron chi connectivity index (χ3n) is 4.37. The fraction of sp³-hybridized carbons (Fsp3) is 0.278. The third-order valence-corrected chi connectivity index (χ3v) is 6.56. The van der Waals surface area contributed by atoms with E-state index in [-0.39, 0.29) is 42.0 Å². The number of hydrogen-bond acceptors (Lipinski definition) is 4. The normalized spacial score (nSPS) is 15.6. The van der Waals surface area contributed by atoms with E-state index in [4.69, 9.17) is 16.3 Å². The van der Waals surface area contributed by atoms with Crippen molar-refractivity contribution in [3.05, 3.63) is 58.9 Å². The molecule has 2 aromatic rings. The molecular formula is C18H18ClFN2O4S. The second-order valence-corrected chi connectivity index (χ2v) is 8.35. The van der Waals surface area contributed by atoms with Crippen molar-refractivity contribution in [2.75, 3.05) is 33.3 Å². The molecule has 1 aliphatic heterocycles. The van der Waals surface area contributed by atoms with Gasteiger partial charge in [-0.05, 0) is 36.4 Å². The molecule has 2 aromatic carbocycles. The number of hydrogen-bond donors (Lipinski definition) is 0. The Hall–Kier alpha value is -2.16. The summed E-state index contributed by atoms with van der Waals surface area (Å²) < 4.78 is 45.1. The summed E-state index contributed by atoms with van der Waals surface area (Å²) in [4.78, 5) is 14.1. The monoisotopic (exact) mass is 412 g/mol.